The monoisotopic (exact) mass is 362 g/mol. The zero-order valence-corrected chi connectivity index (χ0v) is 13.9. The molecule has 2 unspecified atom stereocenters. The molecule has 7 heteroatoms. The van der Waals surface area contributed by atoms with Gasteiger partial charge in [-0.05, 0) is 43.9 Å². The number of hydrogen-bond donors (Lipinski definition) is 2. The molecule has 1 aliphatic rings. The summed E-state index contributed by atoms with van der Waals surface area (Å²) in [7, 11) is -1.91. The van der Waals surface area contributed by atoms with Crippen LogP contribution in [0.2, 0.25) is 0 Å². The van der Waals surface area contributed by atoms with Crippen molar-refractivity contribution in [2.45, 2.75) is 43.2 Å². The molecule has 0 aliphatic heterocycles. The third-order valence-electron chi connectivity index (χ3n) is 3.69. The molecular formula is C13H19BrN2O3S. The quantitative estimate of drug-likeness (QED) is 0.804. The summed E-state index contributed by atoms with van der Waals surface area (Å²) in [6, 6.07) is 3.20. The lowest BCUT2D eigenvalue weighted by atomic mass is 10.2. The fourth-order valence-electron chi connectivity index (χ4n) is 2.50. The maximum absolute atomic E-state index is 12.5. The normalized spacial score (nSPS) is 23.1. The van der Waals surface area contributed by atoms with E-state index in [2.05, 4.69) is 20.7 Å². The van der Waals surface area contributed by atoms with Gasteiger partial charge >= 0.3 is 0 Å². The summed E-state index contributed by atoms with van der Waals surface area (Å²) in [5.41, 5.74) is 6.86. The minimum Gasteiger partial charge on any atom is -0.398 e. The van der Waals surface area contributed by atoms with Crippen LogP contribution in [0.4, 0.5) is 5.69 Å². The van der Waals surface area contributed by atoms with Crippen LogP contribution >= 0.6 is 15.9 Å². The van der Waals surface area contributed by atoms with E-state index in [4.69, 9.17) is 10.5 Å². The molecule has 1 saturated carbocycles. The van der Waals surface area contributed by atoms with Crippen molar-refractivity contribution in [3.05, 3.63) is 22.2 Å². The Hall–Kier alpha value is -0.630. The van der Waals surface area contributed by atoms with Crippen molar-refractivity contribution in [1.29, 1.82) is 0 Å². The summed E-state index contributed by atoms with van der Waals surface area (Å²) in [6.07, 6.45) is 2.51. The molecule has 0 saturated heterocycles. The third kappa shape index (κ3) is 3.33. The van der Waals surface area contributed by atoms with E-state index in [0.717, 1.165) is 12.8 Å². The fourth-order valence-corrected chi connectivity index (χ4v) is 4.71. The van der Waals surface area contributed by atoms with Crippen molar-refractivity contribution < 1.29 is 13.2 Å². The van der Waals surface area contributed by atoms with Gasteiger partial charge in [0.1, 0.15) is 0 Å². The Kier molecular flexibility index (Phi) is 4.73. The van der Waals surface area contributed by atoms with Gasteiger partial charge in [-0.15, -0.1) is 0 Å². The molecule has 0 aromatic heterocycles. The van der Waals surface area contributed by atoms with E-state index >= 15 is 0 Å². The van der Waals surface area contributed by atoms with Crippen LogP contribution in [-0.2, 0) is 14.8 Å². The average Bonchev–Trinajstić information content (AvgIpc) is 2.80. The molecule has 1 fully saturated rings. The predicted molar refractivity (Wildman–Crippen MR) is 82.0 cm³/mol. The Balaban J connectivity index is 2.23. The molecule has 3 N–H and O–H groups in total. The molecule has 2 rings (SSSR count). The molecule has 5 nitrogen and oxygen atoms in total. The molecular weight excluding hydrogens is 344 g/mol. The van der Waals surface area contributed by atoms with E-state index in [1.54, 1.807) is 26.2 Å². The Bertz CT molecular complexity index is 604. The first-order valence-corrected chi connectivity index (χ1v) is 8.72. The van der Waals surface area contributed by atoms with Crippen molar-refractivity contribution in [2.24, 2.45) is 0 Å². The van der Waals surface area contributed by atoms with Gasteiger partial charge in [-0.1, -0.05) is 15.9 Å². The number of nitrogens with two attached hydrogens (primary N) is 1. The Labute approximate surface area is 128 Å². The Morgan fingerprint density at radius 3 is 2.70 bits per heavy atom. The summed E-state index contributed by atoms with van der Waals surface area (Å²) >= 11 is 3.28. The van der Waals surface area contributed by atoms with Gasteiger partial charge in [0.05, 0.1) is 11.0 Å². The molecule has 112 valence electrons. The number of anilines is 1. The molecule has 0 spiro atoms. The van der Waals surface area contributed by atoms with Crippen molar-refractivity contribution >= 4 is 31.6 Å². The summed E-state index contributed by atoms with van der Waals surface area (Å²) in [5, 5.41) is 0. The van der Waals surface area contributed by atoms with Crippen molar-refractivity contribution in [1.82, 2.24) is 4.72 Å². The second kappa shape index (κ2) is 6.01. The number of nitrogens with one attached hydrogen (secondary N) is 1. The smallest absolute Gasteiger partial charge is 0.241 e. The van der Waals surface area contributed by atoms with Crippen LogP contribution in [0.3, 0.4) is 0 Å². The number of sulfonamides is 1. The lowest BCUT2D eigenvalue weighted by Crippen LogP contribution is -2.34. The highest BCUT2D eigenvalue weighted by atomic mass is 79.9. The van der Waals surface area contributed by atoms with E-state index in [-0.39, 0.29) is 17.0 Å². The first-order valence-electron chi connectivity index (χ1n) is 6.44. The lowest BCUT2D eigenvalue weighted by molar-refractivity contribution is 0.107. The zero-order chi connectivity index (χ0) is 14.9. The Morgan fingerprint density at radius 1 is 1.40 bits per heavy atom. The SMILES string of the molecule is COC1CCC(NS(=O)(=O)c2cc(Br)cc(N)c2C)C1. The van der Waals surface area contributed by atoms with Gasteiger partial charge in [0, 0.05) is 23.3 Å². The lowest BCUT2D eigenvalue weighted by Gasteiger charge is -2.16. The number of ether oxygens (including phenoxy) is 1. The second-order valence-corrected chi connectivity index (χ2v) is 7.71. The maximum Gasteiger partial charge on any atom is 0.241 e. The standard InChI is InChI=1S/C13H19BrN2O3S/c1-8-12(15)5-9(14)6-13(8)20(17,18)16-10-3-4-11(7-10)19-2/h5-6,10-11,16H,3-4,7,15H2,1-2H3. The van der Waals surface area contributed by atoms with Crippen molar-refractivity contribution in [3.8, 4) is 0 Å². The van der Waals surface area contributed by atoms with Gasteiger partial charge in [-0.3, -0.25) is 0 Å². The minimum atomic E-state index is -3.57. The highest BCUT2D eigenvalue weighted by Crippen LogP contribution is 2.28. The van der Waals surface area contributed by atoms with Crippen LogP contribution in [0.1, 0.15) is 24.8 Å². The highest BCUT2D eigenvalue weighted by Gasteiger charge is 2.29. The molecule has 1 aromatic rings. The maximum atomic E-state index is 12.5. The van der Waals surface area contributed by atoms with Crippen LogP contribution in [0, 0.1) is 6.92 Å². The van der Waals surface area contributed by atoms with E-state index < -0.39 is 10.0 Å². The highest BCUT2D eigenvalue weighted by molar-refractivity contribution is 9.10. The molecule has 1 aromatic carbocycles. The molecule has 20 heavy (non-hydrogen) atoms. The molecule has 0 amide bonds. The van der Waals surface area contributed by atoms with Gasteiger partial charge in [0.15, 0.2) is 0 Å². The number of rotatable bonds is 4. The van der Waals surface area contributed by atoms with E-state index in [1.807, 2.05) is 0 Å². The molecule has 0 bridgehead atoms. The van der Waals surface area contributed by atoms with Gasteiger partial charge in [-0.25, -0.2) is 13.1 Å². The zero-order valence-electron chi connectivity index (χ0n) is 11.5. The summed E-state index contributed by atoms with van der Waals surface area (Å²) in [6.45, 7) is 1.71. The first-order chi connectivity index (χ1) is 9.33. The summed E-state index contributed by atoms with van der Waals surface area (Å²) in [5.74, 6) is 0. The van der Waals surface area contributed by atoms with Crippen LogP contribution in [0.5, 0.6) is 0 Å². The average molecular weight is 363 g/mol. The number of halogens is 1. The van der Waals surface area contributed by atoms with E-state index in [1.165, 1.54) is 0 Å². The van der Waals surface area contributed by atoms with Gasteiger partial charge in [0.25, 0.3) is 0 Å². The van der Waals surface area contributed by atoms with Crippen molar-refractivity contribution in [3.63, 3.8) is 0 Å². The molecule has 1 aliphatic carbocycles. The summed E-state index contributed by atoms with van der Waals surface area (Å²) in [4.78, 5) is 0.227. The van der Waals surface area contributed by atoms with Crippen LogP contribution in [0.25, 0.3) is 0 Å². The topological polar surface area (TPSA) is 81.4 Å². The van der Waals surface area contributed by atoms with Crippen LogP contribution < -0.4 is 10.5 Å². The largest absolute Gasteiger partial charge is 0.398 e. The first kappa shape index (κ1) is 15.8. The van der Waals surface area contributed by atoms with Crippen molar-refractivity contribution in [2.75, 3.05) is 12.8 Å². The number of nitrogen functional groups attached to an aromatic ring is 1. The Morgan fingerprint density at radius 2 is 2.10 bits per heavy atom. The molecule has 0 radical (unpaired) electrons. The summed E-state index contributed by atoms with van der Waals surface area (Å²) < 4.78 is 33.6. The molecule has 0 heterocycles. The number of benzene rings is 1. The van der Waals surface area contributed by atoms with E-state index in [0.29, 0.717) is 22.1 Å². The van der Waals surface area contributed by atoms with Crippen LogP contribution in [-0.4, -0.2) is 27.7 Å². The third-order valence-corrected chi connectivity index (χ3v) is 5.80. The van der Waals surface area contributed by atoms with E-state index in [9.17, 15) is 8.42 Å². The number of methoxy groups -OCH3 is 1. The second-order valence-electron chi connectivity index (χ2n) is 5.11. The predicted octanol–water partition coefficient (Wildman–Crippen LogP) is 2.19. The van der Waals surface area contributed by atoms with Gasteiger partial charge < -0.3 is 10.5 Å². The minimum absolute atomic E-state index is 0.0791. The number of hydrogen-bond acceptors (Lipinski definition) is 4. The van der Waals surface area contributed by atoms with Gasteiger partial charge in [-0.2, -0.15) is 0 Å². The van der Waals surface area contributed by atoms with Gasteiger partial charge in [0.2, 0.25) is 10.0 Å². The van der Waals surface area contributed by atoms with Crippen LogP contribution in [0.15, 0.2) is 21.5 Å². The fraction of sp³-hybridized carbons (Fsp3) is 0.538. The molecule has 2 atom stereocenters.